The molecule has 0 amide bonds. The maximum Gasteiger partial charge on any atom is 0.353 e. The van der Waals surface area contributed by atoms with Crippen molar-refractivity contribution in [2.45, 2.75) is 12.2 Å². The summed E-state index contributed by atoms with van der Waals surface area (Å²) in [6.07, 6.45) is -0.800. The highest BCUT2D eigenvalue weighted by Gasteiger charge is 2.35. The van der Waals surface area contributed by atoms with E-state index in [-0.39, 0.29) is 24.7 Å². The quantitative estimate of drug-likeness (QED) is 0.420. The summed E-state index contributed by atoms with van der Waals surface area (Å²) < 4.78 is 0. The van der Waals surface area contributed by atoms with Crippen molar-refractivity contribution >= 4 is 17.3 Å². The molecule has 17 heavy (non-hydrogen) atoms. The SMILES string of the molecule is Nc1ncnc(N2CC(O)C(O)C2)c1[N+](=O)[O-]. The molecule has 2 rings (SSSR count). The van der Waals surface area contributed by atoms with Crippen LogP contribution in [0.15, 0.2) is 6.33 Å². The van der Waals surface area contributed by atoms with Crippen molar-refractivity contribution < 1.29 is 15.1 Å². The zero-order chi connectivity index (χ0) is 12.6. The number of hydrogen-bond acceptors (Lipinski definition) is 8. The highest BCUT2D eigenvalue weighted by atomic mass is 16.6. The molecule has 1 fully saturated rings. The van der Waals surface area contributed by atoms with E-state index in [1.54, 1.807) is 0 Å². The Balaban J connectivity index is 2.39. The van der Waals surface area contributed by atoms with E-state index in [2.05, 4.69) is 9.97 Å². The van der Waals surface area contributed by atoms with Gasteiger partial charge in [-0.2, -0.15) is 0 Å². The molecule has 1 aliphatic rings. The van der Waals surface area contributed by atoms with E-state index in [4.69, 9.17) is 5.73 Å². The third-order valence-corrected chi connectivity index (χ3v) is 2.57. The minimum Gasteiger partial charge on any atom is -0.389 e. The summed E-state index contributed by atoms with van der Waals surface area (Å²) in [7, 11) is 0. The fraction of sp³-hybridized carbons (Fsp3) is 0.500. The number of nitrogens with two attached hydrogens (primary N) is 1. The molecular weight excluding hydrogens is 230 g/mol. The summed E-state index contributed by atoms with van der Waals surface area (Å²) in [4.78, 5) is 18.9. The molecule has 0 saturated carbocycles. The Morgan fingerprint density at radius 2 is 2.00 bits per heavy atom. The first-order valence-corrected chi connectivity index (χ1v) is 4.86. The van der Waals surface area contributed by atoms with Crippen LogP contribution in [0.5, 0.6) is 0 Å². The lowest BCUT2D eigenvalue weighted by Crippen LogP contribution is -2.24. The topological polar surface area (TPSA) is 139 Å². The van der Waals surface area contributed by atoms with Crippen molar-refractivity contribution in [1.82, 2.24) is 9.97 Å². The zero-order valence-electron chi connectivity index (χ0n) is 8.72. The van der Waals surface area contributed by atoms with Crippen LogP contribution in [0, 0.1) is 10.1 Å². The van der Waals surface area contributed by atoms with Crippen molar-refractivity contribution in [2.75, 3.05) is 23.7 Å². The summed E-state index contributed by atoms with van der Waals surface area (Å²) in [5.74, 6) is -0.228. The number of nitrogen functional groups attached to an aromatic ring is 1. The molecular formula is C8H11N5O4. The molecule has 0 radical (unpaired) electrons. The lowest BCUT2D eigenvalue weighted by atomic mass is 10.3. The van der Waals surface area contributed by atoms with Gasteiger partial charge in [0.15, 0.2) is 0 Å². The third kappa shape index (κ3) is 1.97. The average Bonchev–Trinajstić information content (AvgIpc) is 2.58. The maximum atomic E-state index is 10.9. The summed E-state index contributed by atoms with van der Waals surface area (Å²) in [6, 6.07) is 0. The standard InChI is InChI=1S/C8H11N5O4/c9-7-6(13(16)17)8(11-3-10-7)12-1-4(14)5(15)2-12/h3-5,14-15H,1-2H2,(H2,9,10,11). The van der Waals surface area contributed by atoms with Gasteiger partial charge in [-0.05, 0) is 0 Å². The second-order valence-electron chi connectivity index (χ2n) is 3.73. The van der Waals surface area contributed by atoms with Crippen LogP contribution in [0.1, 0.15) is 0 Å². The molecule has 0 spiro atoms. The maximum absolute atomic E-state index is 10.9. The Hall–Kier alpha value is -2.00. The number of aromatic nitrogens is 2. The predicted octanol–water partition coefficient (Wildman–Crippen LogP) is -1.49. The van der Waals surface area contributed by atoms with Crippen LogP contribution >= 0.6 is 0 Å². The van der Waals surface area contributed by atoms with Gasteiger partial charge in [0.1, 0.15) is 6.33 Å². The highest BCUT2D eigenvalue weighted by molar-refractivity contribution is 5.68. The van der Waals surface area contributed by atoms with Gasteiger partial charge in [0.2, 0.25) is 11.6 Å². The Labute approximate surface area is 95.7 Å². The van der Waals surface area contributed by atoms with Crippen LogP contribution < -0.4 is 10.6 Å². The van der Waals surface area contributed by atoms with E-state index in [9.17, 15) is 20.3 Å². The number of aliphatic hydroxyl groups is 2. The molecule has 0 aliphatic carbocycles. The first-order chi connectivity index (χ1) is 8.00. The molecule has 1 aromatic rings. The first kappa shape index (κ1) is 11.5. The number of nitro groups is 1. The normalized spacial score (nSPS) is 24.0. The van der Waals surface area contributed by atoms with Crippen LogP contribution in [0.3, 0.4) is 0 Å². The molecule has 2 unspecified atom stereocenters. The van der Waals surface area contributed by atoms with Crippen molar-refractivity contribution in [3.05, 3.63) is 16.4 Å². The van der Waals surface area contributed by atoms with Gasteiger partial charge < -0.3 is 20.8 Å². The second kappa shape index (κ2) is 4.11. The second-order valence-corrected chi connectivity index (χ2v) is 3.73. The van der Waals surface area contributed by atoms with Crippen LogP contribution in [0.2, 0.25) is 0 Å². The number of hydrogen-bond donors (Lipinski definition) is 3. The minimum absolute atomic E-state index is 0.0121. The Morgan fingerprint density at radius 3 is 2.53 bits per heavy atom. The van der Waals surface area contributed by atoms with Crippen LogP contribution in [-0.4, -0.2) is 50.4 Å². The predicted molar refractivity (Wildman–Crippen MR) is 57.3 cm³/mol. The van der Waals surface area contributed by atoms with Gasteiger partial charge >= 0.3 is 5.69 Å². The minimum atomic E-state index is -0.953. The molecule has 9 heteroatoms. The fourth-order valence-electron chi connectivity index (χ4n) is 1.73. The summed E-state index contributed by atoms with van der Waals surface area (Å²) in [5.41, 5.74) is 5.01. The number of rotatable bonds is 2. The Bertz CT molecular complexity index is 444. The molecule has 9 nitrogen and oxygen atoms in total. The molecule has 4 N–H and O–H groups in total. The molecule has 92 valence electrons. The van der Waals surface area contributed by atoms with Gasteiger partial charge in [-0.1, -0.05) is 0 Å². The van der Waals surface area contributed by atoms with Crippen LogP contribution in [-0.2, 0) is 0 Å². The lowest BCUT2D eigenvalue weighted by molar-refractivity contribution is -0.383. The monoisotopic (exact) mass is 241 g/mol. The van der Waals surface area contributed by atoms with Gasteiger partial charge in [0, 0.05) is 13.1 Å². The van der Waals surface area contributed by atoms with E-state index in [0.717, 1.165) is 6.33 Å². The van der Waals surface area contributed by atoms with Crippen molar-refractivity contribution in [2.24, 2.45) is 0 Å². The van der Waals surface area contributed by atoms with E-state index in [1.165, 1.54) is 4.90 Å². The van der Waals surface area contributed by atoms with Crippen molar-refractivity contribution in [3.63, 3.8) is 0 Å². The Morgan fingerprint density at radius 1 is 1.41 bits per heavy atom. The fourth-order valence-corrected chi connectivity index (χ4v) is 1.73. The lowest BCUT2D eigenvalue weighted by Gasteiger charge is -2.15. The molecule has 1 aliphatic heterocycles. The molecule has 1 aromatic heterocycles. The van der Waals surface area contributed by atoms with Gasteiger partial charge in [0.05, 0.1) is 17.1 Å². The van der Waals surface area contributed by atoms with Crippen molar-refractivity contribution in [1.29, 1.82) is 0 Å². The van der Waals surface area contributed by atoms with E-state index >= 15 is 0 Å². The van der Waals surface area contributed by atoms with Gasteiger partial charge in [-0.15, -0.1) is 0 Å². The van der Waals surface area contributed by atoms with E-state index in [1.807, 2.05) is 0 Å². The number of anilines is 2. The smallest absolute Gasteiger partial charge is 0.353 e. The van der Waals surface area contributed by atoms with Crippen molar-refractivity contribution in [3.8, 4) is 0 Å². The first-order valence-electron chi connectivity index (χ1n) is 4.86. The largest absolute Gasteiger partial charge is 0.389 e. The number of nitrogens with zero attached hydrogens (tertiary/aromatic N) is 4. The number of β-amino-alcohol motifs (C(OH)–C–C–N with tert-alkyl or cyclic N) is 2. The average molecular weight is 241 g/mol. The van der Waals surface area contributed by atoms with Crippen LogP contribution in [0.4, 0.5) is 17.3 Å². The van der Waals surface area contributed by atoms with Gasteiger partial charge in [-0.25, -0.2) is 9.97 Å². The molecule has 2 heterocycles. The molecule has 1 saturated heterocycles. The molecule has 2 atom stereocenters. The zero-order valence-corrected chi connectivity index (χ0v) is 8.72. The molecule has 0 bridgehead atoms. The number of aliphatic hydroxyl groups excluding tert-OH is 2. The van der Waals surface area contributed by atoms with Gasteiger partial charge in [-0.3, -0.25) is 10.1 Å². The summed E-state index contributed by atoms with van der Waals surface area (Å²) in [6.45, 7) is 0.136. The summed E-state index contributed by atoms with van der Waals surface area (Å²) in [5, 5.41) is 29.6. The highest BCUT2D eigenvalue weighted by Crippen LogP contribution is 2.31. The Kier molecular flexibility index (Phi) is 2.77. The van der Waals surface area contributed by atoms with Crippen LogP contribution in [0.25, 0.3) is 0 Å². The summed E-state index contributed by atoms with van der Waals surface area (Å²) >= 11 is 0. The van der Waals surface area contributed by atoms with Gasteiger partial charge in [0.25, 0.3) is 0 Å². The van der Waals surface area contributed by atoms with E-state index < -0.39 is 22.8 Å². The third-order valence-electron chi connectivity index (χ3n) is 2.57. The molecule has 0 aromatic carbocycles. The van der Waals surface area contributed by atoms with E-state index in [0.29, 0.717) is 0 Å².